The summed E-state index contributed by atoms with van der Waals surface area (Å²) >= 11 is 0. The third-order valence-corrected chi connectivity index (χ3v) is 5.97. The van der Waals surface area contributed by atoms with Gasteiger partial charge in [-0.3, -0.25) is 4.98 Å². The molecular weight excluding hydrogens is 448 g/mol. The molecule has 0 bridgehead atoms. The minimum Gasteiger partial charge on any atom is -0.494 e. The molecule has 0 spiro atoms. The van der Waals surface area contributed by atoms with E-state index in [0.717, 1.165) is 0 Å². The Bertz CT molecular complexity index is 1340. The molecule has 1 saturated heterocycles. The standard InChI is InChI=1S/C25H20F4N4O/c1-34-20-13-16(17-7-2-3-8-19(17)26)12-18-22(20)31-23(15-6-4-10-30-14-15)32-24(18)33-11-5-9-21(33)25(27,28)29/h2-4,6-8,10,12-14,21H,5,9,11H2,1H3. The third-order valence-electron chi connectivity index (χ3n) is 5.97. The van der Waals surface area contributed by atoms with Crippen LogP contribution in [0.15, 0.2) is 60.9 Å². The van der Waals surface area contributed by atoms with Crippen LogP contribution in [0.25, 0.3) is 33.4 Å². The Kier molecular flexibility index (Phi) is 5.55. The smallest absolute Gasteiger partial charge is 0.408 e. The van der Waals surface area contributed by atoms with Crippen molar-refractivity contribution < 1.29 is 22.3 Å². The van der Waals surface area contributed by atoms with Crippen LogP contribution in [0.3, 0.4) is 0 Å². The summed E-state index contributed by atoms with van der Waals surface area (Å²) in [5, 5.41) is 0.362. The van der Waals surface area contributed by atoms with Crippen molar-refractivity contribution >= 4 is 16.7 Å². The SMILES string of the molecule is COc1cc(-c2ccccc2F)cc2c(N3CCCC3C(F)(F)F)nc(-c3cccnc3)nc12. The number of nitrogens with zero attached hydrogens (tertiary/aromatic N) is 4. The van der Waals surface area contributed by atoms with Gasteiger partial charge in [-0.2, -0.15) is 13.2 Å². The first kappa shape index (κ1) is 22.1. The highest BCUT2D eigenvalue weighted by Crippen LogP contribution is 2.42. The van der Waals surface area contributed by atoms with Crippen LogP contribution < -0.4 is 9.64 Å². The predicted molar refractivity (Wildman–Crippen MR) is 121 cm³/mol. The highest BCUT2D eigenvalue weighted by molar-refractivity contribution is 5.98. The van der Waals surface area contributed by atoms with Crippen molar-refractivity contribution in [3.8, 4) is 28.3 Å². The molecule has 34 heavy (non-hydrogen) atoms. The summed E-state index contributed by atoms with van der Waals surface area (Å²) < 4.78 is 61.8. The fourth-order valence-electron chi connectivity index (χ4n) is 4.40. The second-order valence-corrected chi connectivity index (χ2v) is 8.06. The summed E-state index contributed by atoms with van der Waals surface area (Å²) in [7, 11) is 1.44. The van der Waals surface area contributed by atoms with Crippen molar-refractivity contribution in [2.45, 2.75) is 25.1 Å². The van der Waals surface area contributed by atoms with E-state index in [-0.39, 0.29) is 24.6 Å². The molecule has 2 aromatic carbocycles. The summed E-state index contributed by atoms with van der Waals surface area (Å²) in [6, 6.07) is 11.2. The van der Waals surface area contributed by atoms with Crippen molar-refractivity contribution in [1.82, 2.24) is 15.0 Å². The zero-order valence-electron chi connectivity index (χ0n) is 18.2. The summed E-state index contributed by atoms with van der Waals surface area (Å²) in [5.41, 5.74) is 1.68. The molecule has 1 aliphatic heterocycles. The molecule has 5 rings (SSSR count). The molecule has 1 unspecified atom stereocenters. The van der Waals surface area contributed by atoms with Gasteiger partial charge in [0.2, 0.25) is 0 Å². The van der Waals surface area contributed by atoms with Gasteiger partial charge in [0, 0.05) is 35.5 Å². The summed E-state index contributed by atoms with van der Waals surface area (Å²) in [5.74, 6) is 0.237. The van der Waals surface area contributed by atoms with Crippen molar-refractivity contribution in [3.63, 3.8) is 0 Å². The lowest BCUT2D eigenvalue weighted by Crippen LogP contribution is -2.41. The van der Waals surface area contributed by atoms with Gasteiger partial charge in [0.05, 0.1) is 7.11 Å². The van der Waals surface area contributed by atoms with Crippen LogP contribution in [0.5, 0.6) is 5.75 Å². The van der Waals surface area contributed by atoms with E-state index in [4.69, 9.17) is 4.74 Å². The van der Waals surface area contributed by atoms with Gasteiger partial charge in [0.25, 0.3) is 0 Å². The molecule has 2 aromatic heterocycles. The number of methoxy groups -OCH3 is 1. The summed E-state index contributed by atoms with van der Waals surface area (Å²) in [4.78, 5) is 14.5. The van der Waals surface area contributed by atoms with Gasteiger partial charge in [0.1, 0.15) is 28.9 Å². The quantitative estimate of drug-likeness (QED) is 0.342. The molecule has 1 fully saturated rings. The zero-order valence-corrected chi connectivity index (χ0v) is 18.2. The molecular formula is C25H20F4N4O. The van der Waals surface area contributed by atoms with E-state index in [0.29, 0.717) is 39.8 Å². The summed E-state index contributed by atoms with van der Waals surface area (Å²) in [6.45, 7) is 0.189. The number of fused-ring (bicyclic) bond motifs is 1. The van der Waals surface area contributed by atoms with Crippen molar-refractivity contribution in [2.24, 2.45) is 0 Å². The Hall–Kier alpha value is -3.75. The van der Waals surface area contributed by atoms with Crippen LogP contribution in [-0.2, 0) is 0 Å². The average Bonchev–Trinajstić information content (AvgIpc) is 3.34. The maximum atomic E-state index is 14.6. The number of ether oxygens (including phenoxy) is 1. The average molecular weight is 468 g/mol. The van der Waals surface area contributed by atoms with Crippen LogP contribution in [0.2, 0.25) is 0 Å². The lowest BCUT2D eigenvalue weighted by atomic mass is 10.0. The molecule has 1 atom stereocenters. The molecule has 174 valence electrons. The van der Waals surface area contributed by atoms with Crippen molar-refractivity contribution in [3.05, 3.63) is 66.7 Å². The number of rotatable bonds is 4. The third kappa shape index (κ3) is 3.91. The first-order valence-electron chi connectivity index (χ1n) is 10.8. The van der Waals surface area contributed by atoms with Crippen LogP contribution in [0.1, 0.15) is 12.8 Å². The minimum atomic E-state index is -4.42. The Morgan fingerprint density at radius 1 is 1.03 bits per heavy atom. The Morgan fingerprint density at radius 3 is 2.56 bits per heavy atom. The predicted octanol–water partition coefficient (Wildman–Crippen LogP) is 6.04. The Balaban J connectivity index is 1.81. The normalized spacial score (nSPS) is 16.3. The lowest BCUT2D eigenvalue weighted by Gasteiger charge is -2.29. The number of hydrogen-bond acceptors (Lipinski definition) is 5. The first-order chi connectivity index (χ1) is 16.4. The molecule has 0 radical (unpaired) electrons. The maximum absolute atomic E-state index is 14.6. The molecule has 0 saturated carbocycles. The largest absolute Gasteiger partial charge is 0.494 e. The van der Waals surface area contributed by atoms with E-state index in [9.17, 15) is 17.6 Å². The van der Waals surface area contributed by atoms with Gasteiger partial charge in [-0.25, -0.2) is 14.4 Å². The van der Waals surface area contributed by atoms with Crippen LogP contribution >= 0.6 is 0 Å². The Morgan fingerprint density at radius 2 is 1.85 bits per heavy atom. The highest BCUT2D eigenvalue weighted by atomic mass is 19.4. The number of alkyl halides is 3. The van der Waals surface area contributed by atoms with E-state index in [2.05, 4.69) is 15.0 Å². The molecule has 0 N–H and O–H groups in total. The van der Waals surface area contributed by atoms with Gasteiger partial charge in [0.15, 0.2) is 5.82 Å². The van der Waals surface area contributed by atoms with Gasteiger partial charge in [-0.1, -0.05) is 18.2 Å². The van der Waals surface area contributed by atoms with E-state index in [1.165, 1.54) is 18.1 Å². The van der Waals surface area contributed by atoms with E-state index in [1.54, 1.807) is 54.9 Å². The number of halogens is 4. The van der Waals surface area contributed by atoms with Crippen molar-refractivity contribution in [2.75, 3.05) is 18.6 Å². The lowest BCUT2D eigenvalue weighted by molar-refractivity contribution is -0.146. The molecule has 1 aliphatic rings. The summed E-state index contributed by atoms with van der Waals surface area (Å²) in [6.07, 6.45) is -0.928. The van der Waals surface area contributed by atoms with Crippen molar-refractivity contribution in [1.29, 1.82) is 0 Å². The van der Waals surface area contributed by atoms with Gasteiger partial charge < -0.3 is 9.64 Å². The van der Waals surface area contributed by atoms with Gasteiger partial charge in [-0.15, -0.1) is 0 Å². The van der Waals surface area contributed by atoms with E-state index >= 15 is 0 Å². The molecule has 0 amide bonds. The zero-order chi connectivity index (χ0) is 23.9. The molecule has 5 nitrogen and oxygen atoms in total. The number of benzene rings is 2. The minimum absolute atomic E-state index is 0.0264. The fraction of sp³-hybridized carbons (Fsp3) is 0.240. The molecule has 9 heteroatoms. The van der Waals surface area contributed by atoms with Crippen LogP contribution in [0.4, 0.5) is 23.4 Å². The highest BCUT2D eigenvalue weighted by Gasteiger charge is 2.47. The molecule has 0 aliphatic carbocycles. The fourth-order valence-corrected chi connectivity index (χ4v) is 4.40. The second-order valence-electron chi connectivity index (χ2n) is 8.06. The van der Waals surface area contributed by atoms with Crippen LogP contribution in [-0.4, -0.2) is 40.8 Å². The number of hydrogen-bond donors (Lipinski definition) is 0. The number of anilines is 1. The number of aromatic nitrogens is 3. The first-order valence-corrected chi connectivity index (χ1v) is 10.8. The molecule has 4 aromatic rings. The van der Waals surface area contributed by atoms with E-state index < -0.39 is 18.0 Å². The maximum Gasteiger partial charge on any atom is 0.408 e. The van der Waals surface area contributed by atoms with Crippen LogP contribution in [0, 0.1) is 5.82 Å². The monoisotopic (exact) mass is 468 g/mol. The topological polar surface area (TPSA) is 51.1 Å². The van der Waals surface area contributed by atoms with E-state index in [1.807, 2.05) is 0 Å². The second kappa shape index (κ2) is 8.55. The number of pyridine rings is 1. The van der Waals surface area contributed by atoms with Gasteiger partial charge >= 0.3 is 6.18 Å². The van der Waals surface area contributed by atoms with Gasteiger partial charge in [-0.05, 0) is 48.7 Å². The molecule has 3 heterocycles. The Labute approximate surface area is 193 Å².